The number of hydrogen-bond acceptors (Lipinski definition) is 3. The molecule has 1 heterocycles. The van der Waals surface area contributed by atoms with E-state index >= 15 is 0 Å². The fraction of sp³-hybridized carbons (Fsp3) is 0.571. The molecule has 2 unspecified atom stereocenters. The average Bonchev–Trinajstić information content (AvgIpc) is 2.30. The van der Waals surface area contributed by atoms with Gasteiger partial charge in [0, 0.05) is 25.7 Å². The van der Waals surface area contributed by atoms with E-state index in [1.54, 1.807) is 0 Å². The van der Waals surface area contributed by atoms with Gasteiger partial charge in [-0.1, -0.05) is 30.3 Å². The standard InChI is InChI=1S/C14H23N3/c1-16(2)14(12-7-5-4-6-8-12)13-11-17(3)10-9-15-13/h4-8,13-15H,9-11H2,1-3H3. The van der Waals surface area contributed by atoms with Gasteiger partial charge in [-0.05, 0) is 26.7 Å². The van der Waals surface area contributed by atoms with Crippen LogP contribution in [-0.4, -0.2) is 56.6 Å². The van der Waals surface area contributed by atoms with Crippen LogP contribution in [0.5, 0.6) is 0 Å². The Morgan fingerprint density at radius 1 is 1.29 bits per heavy atom. The van der Waals surface area contributed by atoms with E-state index in [1.807, 2.05) is 0 Å². The topological polar surface area (TPSA) is 18.5 Å². The van der Waals surface area contributed by atoms with Crippen LogP contribution in [-0.2, 0) is 0 Å². The van der Waals surface area contributed by atoms with Crippen LogP contribution in [0, 0.1) is 0 Å². The van der Waals surface area contributed by atoms with E-state index in [0.717, 1.165) is 19.6 Å². The largest absolute Gasteiger partial charge is 0.310 e. The molecule has 1 fully saturated rings. The van der Waals surface area contributed by atoms with Gasteiger partial charge < -0.3 is 15.1 Å². The molecule has 3 heteroatoms. The van der Waals surface area contributed by atoms with Crippen molar-refractivity contribution in [2.24, 2.45) is 0 Å². The van der Waals surface area contributed by atoms with E-state index < -0.39 is 0 Å². The first kappa shape index (κ1) is 12.6. The molecule has 0 radical (unpaired) electrons. The predicted octanol–water partition coefficient (Wildman–Crippen LogP) is 1.19. The van der Waals surface area contributed by atoms with Crippen LogP contribution in [0.4, 0.5) is 0 Å². The maximum absolute atomic E-state index is 3.65. The van der Waals surface area contributed by atoms with Gasteiger partial charge in [0.05, 0.1) is 6.04 Å². The third-order valence-electron chi connectivity index (χ3n) is 3.49. The SMILES string of the molecule is CN1CCNC(C(c2ccccc2)N(C)C)C1. The fourth-order valence-corrected chi connectivity index (χ4v) is 2.68. The van der Waals surface area contributed by atoms with Gasteiger partial charge >= 0.3 is 0 Å². The van der Waals surface area contributed by atoms with Crippen molar-refractivity contribution < 1.29 is 0 Å². The smallest absolute Gasteiger partial charge is 0.0508 e. The summed E-state index contributed by atoms with van der Waals surface area (Å²) in [7, 11) is 6.52. The monoisotopic (exact) mass is 233 g/mol. The molecular weight excluding hydrogens is 210 g/mol. The lowest BCUT2D eigenvalue weighted by Crippen LogP contribution is -2.54. The number of nitrogens with zero attached hydrogens (tertiary/aromatic N) is 2. The van der Waals surface area contributed by atoms with E-state index in [-0.39, 0.29) is 0 Å². The summed E-state index contributed by atoms with van der Waals surface area (Å²) in [5.74, 6) is 0. The Balaban J connectivity index is 2.17. The van der Waals surface area contributed by atoms with Crippen molar-refractivity contribution in [3.05, 3.63) is 35.9 Å². The first-order chi connectivity index (χ1) is 8.18. The van der Waals surface area contributed by atoms with Crippen molar-refractivity contribution >= 4 is 0 Å². The van der Waals surface area contributed by atoms with Crippen LogP contribution in [0.15, 0.2) is 30.3 Å². The lowest BCUT2D eigenvalue weighted by atomic mass is 9.96. The van der Waals surface area contributed by atoms with Crippen LogP contribution in [0.2, 0.25) is 0 Å². The molecule has 1 aliphatic rings. The molecule has 1 aromatic carbocycles. The van der Waals surface area contributed by atoms with Crippen molar-refractivity contribution in [1.82, 2.24) is 15.1 Å². The van der Waals surface area contributed by atoms with Crippen molar-refractivity contribution in [3.8, 4) is 0 Å². The molecule has 17 heavy (non-hydrogen) atoms. The Hall–Kier alpha value is -0.900. The van der Waals surface area contributed by atoms with E-state index in [0.29, 0.717) is 12.1 Å². The summed E-state index contributed by atoms with van der Waals surface area (Å²) in [6.07, 6.45) is 0. The van der Waals surface area contributed by atoms with Gasteiger partial charge in [0.25, 0.3) is 0 Å². The van der Waals surface area contributed by atoms with E-state index in [1.165, 1.54) is 5.56 Å². The van der Waals surface area contributed by atoms with E-state index in [2.05, 4.69) is 66.6 Å². The molecule has 0 bridgehead atoms. The lowest BCUT2D eigenvalue weighted by Gasteiger charge is -2.39. The van der Waals surface area contributed by atoms with Crippen LogP contribution < -0.4 is 5.32 Å². The highest BCUT2D eigenvalue weighted by Crippen LogP contribution is 2.23. The molecule has 94 valence electrons. The minimum atomic E-state index is 0.443. The molecule has 1 aliphatic heterocycles. The summed E-state index contributed by atoms with van der Waals surface area (Å²) in [4.78, 5) is 4.72. The highest BCUT2D eigenvalue weighted by molar-refractivity contribution is 5.21. The van der Waals surface area contributed by atoms with Crippen LogP contribution in [0.1, 0.15) is 11.6 Å². The van der Waals surface area contributed by atoms with Gasteiger partial charge in [-0.25, -0.2) is 0 Å². The molecular formula is C14H23N3. The number of nitrogens with one attached hydrogen (secondary N) is 1. The number of rotatable bonds is 3. The summed E-state index contributed by atoms with van der Waals surface area (Å²) in [5, 5.41) is 3.65. The van der Waals surface area contributed by atoms with Crippen molar-refractivity contribution in [1.29, 1.82) is 0 Å². The Bertz CT molecular complexity index is 337. The number of likely N-dealkylation sites (N-methyl/N-ethyl adjacent to an activating group) is 2. The van der Waals surface area contributed by atoms with Gasteiger partial charge in [-0.15, -0.1) is 0 Å². The quantitative estimate of drug-likeness (QED) is 0.846. The van der Waals surface area contributed by atoms with E-state index in [4.69, 9.17) is 0 Å². The Kier molecular flexibility index (Phi) is 4.15. The van der Waals surface area contributed by atoms with Crippen molar-refractivity contribution in [3.63, 3.8) is 0 Å². The van der Waals surface area contributed by atoms with Gasteiger partial charge in [0.2, 0.25) is 0 Å². The third kappa shape index (κ3) is 3.06. The zero-order valence-electron chi connectivity index (χ0n) is 11.1. The fourth-order valence-electron chi connectivity index (χ4n) is 2.68. The predicted molar refractivity (Wildman–Crippen MR) is 72.2 cm³/mol. The van der Waals surface area contributed by atoms with Crippen molar-refractivity contribution in [2.45, 2.75) is 12.1 Å². The molecule has 1 N–H and O–H groups in total. The minimum Gasteiger partial charge on any atom is -0.310 e. The number of benzene rings is 1. The molecule has 2 atom stereocenters. The second-order valence-corrected chi connectivity index (χ2v) is 5.14. The Morgan fingerprint density at radius 2 is 2.00 bits per heavy atom. The number of hydrogen-bond donors (Lipinski definition) is 1. The summed E-state index contributed by atoms with van der Waals surface area (Å²) in [5.41, 5.74) is 1.39. The molecule has 0 spiro atoms. The molecule has 1 saturated heterocycles. The average molecular weight is 233 g/mol. The van der Waals surface area contributed by atoms with E-state index in [9.17, 15) is 0 Å². The third-order valence-corrected chi connectivity index (χ3v) is 3.49. The zero-order chi connectivity index (χ0) is 12.3. The summed E-state index contributed by atoms with van der Waals surface area (Å²) < 4.78 is 0. The maximum Gasteiger partial charge on any atom is 0.0508 e. The second-order valence-electron chi connectivity index (χ2n) is 5.14. The summed E-state index contributed by atoms with van der Waals surface area (Å²) in [6.45, 7) is 3.33. The Labute approximate surface area is 104 Å². The van der Waals surface area contributed by atoms with Gasteiger partial charge in [0.1, 0.15) is 0 Å². The summed E-state index contributed by atoms with van der Waals surface area (Å²) >= 11 is 0. The van der Waals surface area contributed by atoms with Gasteiger partial charge in [-0.2, -0.15) is 0 Å². The lowest BCUT2D eigenvalue weighted by molar-refractivity contribution is 0.154. The second kappa shape index (κ2) is 5.63. The van der Waals surface area contributed by atoms with Crippen LogP contribution in [0.3, 0.4) is 0 Å². The zero-order valence-corrected chi connectivity index (χ0v) is 11.1. The molecule has 0 aliphatic carbocycles. The maximum atomic E-state index is 3.65. The minimum absolute atomic E-state index is 0.443. The highest BCUT2D eigenvalue weighted by atomic mass is 15.2. The number of piperazine rings is 1. The van der Waals surface area contributed by atoms with Gasteiger partial charge in [0.15, 0.2) is 0 Å². The molecule has 0 amide bonds. The van der Waals surface area contributed by atoms with Gasteiger partial charge in [-0.3, -0.25) is 0 Å². The molecule has 1 aromatic rings. The van der Waals surface area contributed by atoms with Crippen molar-refractivity contribution in [2.75, 3.05) is 40.8 Å². The molecule has 2 rings (SSSR count). The normalized spacial score (nSPS) is 23.9. The Morgan fingerprint density at radius 3 is 2.59 bits per heavy atom. The molecule has 0 aromatic heterocycles. The summed E-state index contributed by atoms with van der Waals surface area (Å²) in [6, 6.07) is 11.7. The van der Waals surface area contributed by atoms with Crippen LogP contribution >= 0.6 is 0 Å². The first-order valence-electron chi connectivity index (χ1n) is 6.32. The molecule has 3 nitrogen and oxygen atoms in total. The van der Waals surface area contributed by atoms with Crippen LogP contribution in [0.25, 0.3) is 0 Å². The highest BCUT2D eigenvalue weighted by Gasteiger charge is 2.27. The first-order valence-corrected chi connectivity index (χ1v) is 6.32. The molecule has 0 saturated carbocycles.